The van der Waals surface area contributed by atoms with Crippen molar-refractivity contribution in [2.45, 2.75) is 13.5 Å². The Kier molecular flexibility index (Phi) is 8.72. The molecule has 4 rings (SSSR count). The van der Waals surface area contributed by atoms with Crippen LogP contribution in [0, 0.1) is 3.57 Å². The highest BCUT2D eigenvalue weighted by atomic mass is 127. The summed E-state index contributed by atoms with van der Waals surface area (Å²) in [4.78, 5) is 23.7. The van der Waals surface area contributed by atoms with Gasteiger partial charge in [-0.2, -0.15) is 5.10 Å². The number of carbonyl (C=O) groups excluding carboxylic acids is 1. The van der Waals surface area contributed by atoms with Crippen LogP contribution in [0.25, 0.3) is 11.0 Å². The minimum Gasteiger partial charge on any atom is -0.490 e. The Labute approximate surface area is 238 Å². The maximum atomic E-state index is 12.5. The highest BCUT2D eigenvalue weighted by Crippen LogP contribution is 2.37. The van der Waals surface area contributed by atoms with Gasteiger partial charge < -0.3 is 19.0 Å². The van der Waals surface area contributed by atoms with Crippen LogP contribution in [0.1, 0.15) is 39.0 Å². The molecule has 37 heavy (non-hydrogen) atoms. The van der Waals surface area contributed by atoms with Crippen LogP contribution in [0.3, 0.4) is 0 Å². The lowest BCUT2D eigenvalue weighted by molar-refractivity contribution is 0.0696. The largest absolute Gasteiger partial charge is 0.490 e. The van der Waals surface area contributed by atoms with E-state index in [2.05, 4.69) is 49.0 Å². The third kappa shape index (κ3) is 6.62. The molecule has 11 heteroatoms. The third-order valence-corrected chi connectivity index (χ3v) is 6.57. The van der Waals surface area contributed by atoms with Crippen LogP contribution >= 0.6 is 50.1 Å². The first-order valence-corrected chi connectivity index (χ1v) is 13.1. The number of carboxylic acids is 1. The summed E-state index contributed by atoms with van der Waals surface area (Å²) in [6.45, 7) is 2.28. The molecule has 0 aliphatic rings. The summed E-state index contributed by atoms with van der Waals surface area (Å²) in [7, 11) is 0. The van der Waals surface area contributed by atoms with E-state index in [-0.39, 0.29) is 23.0 Å². The van der Waals surface area contributed by atoms with Crippen molar-refractivity contribution in [1.82, 2.24) is 5.43 Å². The normalized spacial score (nSPS) is 11.1. The molecule has 3 aromatic carbocycles. The molecular weight excluding hydrogens is 679 g/mol. The van der Waals surface area contributed by atoms with E-state index in [1.165, 1.54) is 18.3 Å². The van der Waals surface area contributed by atoms with Gasteiger partial charge in [0, 0.05) is 9.86 Å². The number of nitrogens with one attached hydrogen (secondary N) is 1. The SMILES string of the molecule is CCOc1cc(/C=N\NC(=O)c2cc3cc(Br)cc(I)c3o2)cc(Cl)c1OCc1cccc(C(=O)O)c1. The maximum absolute atomic E-state index is 12.5. The average Bonchev–Trinajstić information content (AvgIpc) is 3.28. The molecule has 1 heterocycles. The number of fused-ring (bicyclic) bond motifs is 1. The number of amides is 1. The number of hydrazone groups is 1. The molecule has 190 valence electrons. The van der Waals surface area contributed by atoms with Gasteiger partial charge in [0.25, 0.3) is 0 Å². The molecule has 0 atom stereocenters. The molecule has 0 saturated heterocycles. The predicted octanol–water partition coefficient (Wildman–Crippen LogP) is 6.89. The van der Waals surface area contributed by atoms with Crippen molar-refractivity contribution in [1.29, 1.82) is 0 Å². The minimum absolute atomic E-state index is 0.0947. The van der Waals surface area contributed by atoms with Crippen LogP contribution in [0.4, 0.5) is 0 Å². The molecule has 0 aliphatic carbocycles. The molecule has 4 aromatic rings. The molecular formula is C26H19BrClIN2O6. The highest BCUT2D eigenvalue weighted by Gasteiger charge is 2.15. The Morgan fingerprint density at radius 2 is 2.00 bits per heavy atom. The average molecular weight is 698 g/mol. The molecule has 0 fully saturated rings. The minimum atomic E-state index is -1.02. The zero-order chi connectivity index (χ0) is 26.5. The smallest absolute Gasteiger partial charge is 0.335 e. The second kappa shape index (κ2) is 12.0. The number of aromatic carboxylic acids is 1. The van der Waals surface area contributed by atoms with E-state index >= 15 is 0 Å². The van der Waals surface area contributed by atoms with Gasteiger partial charge in [-0.3, -0.25) is 4.79 Å². The summed E-state index contributed by atoms with van der Waals surface area (Å²) in [6, 6.07) is 15.1. The van der Waals surface area contributed by atoms with Gasteiger partial charge in [0.1, 0.15) is 12.2 Å². The van der Waals surface area contributed by atoms with E-state index in [1.54, 1.807) is 30.3 Å². The molecule has 0 unspecified atom stereocenters. The highest BCUT2D eigenvalue weighted by molar-refractivity contribution is 14.1. The van der Waals surface area contributed by atoms with Gasteiger partial charge in [-0.05, 0) is 83.1 Å². The Morgan fingerprint density at radius 3 is 2.76 bits per heavy atom. The fourth-order valence-electron chi connectivity index (χ4n) is 3.42. The number of ether oxygens (including phenoxy) is 2. The van der Waals surface area contributed by atoms with E-state index in [1.807, 2.05) is 19.1 Å². The van der Waals surface area contributed by atoms with Crippen molar-refractivity contribution in [3.8, 4) is 11.5 Å². The van der Waals surface area contributed by atoms with Crippen molar-refractivity contribution < 1.29 is 28.6 Å². The van der Waals surface area contributed by atoms with Gasteiger partial charge in [0.2, 0.25) is 0 Å². The monoisotopic (exact) mass is 696 g/mol. The zero-order valence-corrected chi connectivity index (χ0v) is 23.8. The summed E-state index contributed by atoms with van der Waals surface area (Å²) in [5.41, 5.74) is 4.47. The first-order valence-electron chi connectivity index (χ1n) is 10.9. The zero-order valence-electron chi connectivity index (χ0n) is 19.3. The Morgan fingerprint density at radius 1 is 1.19 bits per heavy atom. The standard InChI is InChI=1S/C26H19BrClIN2O6/c1-2-35-21-8-15(7-19(28)24(21)36-13-14-4-3-5-16(6-14)26(33)34)12-30-31-25(32)22-10-17-9-18(27)11-20(29)23(17)37-22/h3-12H,2,13H2,1H3,(H,31,32)(H,33,34)/b30-12-. The van der Waals surface area contributed by atoms with Gasteiger partial charge >= 0.3 is 11.9 Å². The number of carbonyl (C=O) groups is 2. The summed E-state index contributed by atoms with van der Waals surface area (Å²) in [6.07, 6.45) is 1.43. The molecule has 8 nitrogen and oxygen atoms in total. The van der Waals surface area contributed by atoms with Crippen LogP contribution in [-0.2, 0) is 6.61 Å². The number of hydrogen-bond acceptors (Lipinski definition) is 6. The van der Waals surface area contributed by atoms with Crippen LogP contribution in [0.2, 0.25) is 5.02 Å². The number of halogens is 3. The Balaban J connectivity index is 1.48. The van der Waals surface area contributed by atoms with Crippen molar-refractivity contribution in [3.63, 3.8) is 0 Å². The van der Waals surface area contributed by atoms with Gasteiger partial charge in [-0.15, -0.1) is 0 Å². The van der Waals surface area contributed by atoms with Crippen LogP contribution in [0.15, 0.2) is 68.6 Å². The number of hydrogen-bond donors (Lipinski definition) is 2. The second-order valence-electron chi connectivity index (χ2n) is 7.67. The summed E-state index contributed by atoms with van der Waals surface area (Å²) in [5.74, 6) is -0.692. The first-order chi connectivity index (χ1) is 17.7. The lowest BCUT2D eigenvalue weighted by Crippen LogP contribution is -2.16. The van der Waals surface area contributed by atoms with Gasteiger partial charge in [0.05, 0.1) is 27.0 Å². The molecule has 0 bridgehead atoms. The Hall–Kier alpha value is -3.09. The van der Waals surface area contributed by atoms with E-state index in [9.17, 15) is 14.7 Å². The third-order valence-electron chi connectivity index (χ3n) is 5.03. The van der Waals surface area contributed by atoms with Crippen molar-refractivity contribution in [3.05, 3.63) is 90.1 Å². The van der Waals surface area contributed by atoms with Gasteiger partial charge in [0.15, 0.2) is 17.3 Å². The lowest BCUT2D eigenvalue weighted by atomic mass is 10.1. The molecule has 1 amide bonds. The fraction of sp³-hybridized carbons (Fsp3) is 0.115. The lowest BCUT2D eigenvalue weighted by Gasteiger charge is -2.14. The number of furan rings is 1. The molecule has 2 N–H and O–H groups in total. The molecule has 0 aliphatic heterocycles. The molecule has 1 aromatic heterocycles. The van der Waals surface area contributed by atoms with E-state index < -0.39 is 11.9 Å². The topological polar surface area (TPSA) is 110 Å². The summed E-state index contributed by atoms with van der Waals surface area (Å²) in [5, 5.41) is 14.3. The number of benzene rings is 3. The van der Waals surface area contributed by atoms with Crippen molar-refractivity contribution in [2.24, 2.45) is 5.10 Å². The van der Waals surface area contributed by atoms with Crippen LogP contribution in [0.5, 0.6) is 11.5 Å². The predicted molar refractivity (Wildman–Crippen MR) is 152 cm³/mol. The Bertz CT molecular complexity index is 1520. The fourth-order valence-corrected chi connectivity index (χ4v) is 5.36. The maximum Gasteiger partial charge on any atom is 0.335 e. The van der Waals surface area contributed by atoms with E-state index in [0.717, 1.165) is 13.4 Å². The van der Waals surface area contributed by atoms with E-state index in [0.29, 0.717) is 34.8 Å². The number of carboxylic acid groups (broad SMARTS) is 1. The van der Waals surface area contributed by atoms with Crippen molar-refractivity contribution >= 4 is 79.2 Å². The van der Waals surface area contributed by atoms with Gasteiger partial charge in [-0.25, -0.2) is 10.2 Å². The summed E-state index contributed by atoms with van der Waals surface area (Å²) < 4.78 is 19.0. The van der Waals surface area contributed by atoms with Crippen molar-refractivity contribution in [2.75, 3.05) is 6.61 Å². The number of nitrogens with zero attached hydrogens (tertiary/aromatic N) is 1. The molecule has 0 spiro atoms. The number of rotatable bonds is 9. The quantitative estimate of drug-likeness (QED) is 0.112. The summed E-state index contributed by atoms with van der Waals surface area (Å²) >= 11 is 12.0. The second-order valence-corrected chi connectivity index (χ2v) is 10.2. The van der Waals surface area contributed by atoms with Crippen LogP contribution < -0.4 is 14.9 Å². The first kappa shape index (κ1) is 27.0. The van der Waals surface area contributed by atoms with Gasteiger partial charge in [-0.1, -0.05) is 39.7 Å². The molecule has 0 radical (unpaired) electrons. The van der Waals surface area contributed by atoms with E-state index in [4.69, 9.17) is 25.5 Å². The van der Waals surface area contributed by atoms with Crippen LogP contribution in [-0.4, -0.2) is 29.8 Å². The molecule has 0 saturated carbocycles.